The molecule has 2 aromatic heterocycles. The Labute approximate surface area is 175 Å². The number of hydrogen-bond donors (Lipinski definition) is 1. The summed E-state index contributed by atoms with van der Waals surface area (Å²) in [4.78, 5) is 16.4. The summed E-state index contributed by atoms with van der Waals surface area (Å²) in [6, 6.07) is 2.72. The van der Waals surface area contributed by atoms with Crippen LogP contribution in [0.1, 0.15) is 66.9 Å². The Hall–Kier alpha value is -1.97. The molecule has 0 spiro atoms. The van der Waals surface area contributed by atoms with Gasteiger partial charge in [0.1, 0.15) is 10.8 Å². The van der Waals surface area contributed by atoms with Gasteiger partial charge in [0.05, 0.1) is 12.7 Å². The maximum Gasteiger partial charge on any atom is 0.368 e. The molecule has 158 valence electrons. The molecular formula is C20H26N2O5S2. The van der Waals surface area contributed by atoms with Crippen LogP contribution in [0.15, 0.2) is 18.3 Å². The van der Waals surface area contributed by atoms with E-state index in [4.69, 9.17) is 9.29 Å². The summed E-state index contributed by atoms with van der Waals surface area (Å²) >= 11 is 1.44. The molecule has 2 heterocycles. The zero-order valence-electron chi connectivity index (χ0n) is 17.4. The van der Waals surface area contributed by atoms with Crippen molar-refractivity contribution in [2.45, 2.75) is 58.3 Å². The Balaban J connectivity index is 2.26. The molecule has 0 fully saturated rings. The van der Waals surface area contributed by atoms with Crippen molar-refractivity contribution in [1.29, 1.82) is 0 Å². The summed E-state index contributed by atoms with van der Waals surface area (Å²) in [5.74, 6) is -1.04. The van der Waals surface area contributed by atoms with Crippen molar-refractivity contribution in [2.24, 2.45) is 0 Å². The highest BCUT2D eigenvalue weighted by Crippen LogP contribution is 2.54. The molecule has 0 aromatic carbocycles. The Morgan fingerprint density at radius 1 is 1.21 bits per heavy atom. The minimum absolute atomic E-state index is 0.0204. The topological polar surface area (TPSA) is 96.8 Å². The number of carbonyl (C=O) groups is 1. The highest BCUT2D eigenvalue weighted by Gasteiger charge is 2.43. The summed E-state index contributed by atoms with van der Waals surface area (Å²) in [6.07, 6.45) is 3.16. The number of aromatic carboxylic acids is 1. The minimum atomic E-state index is -4.16. The van der Waals surface area contributed by atoms with Crippen molar-refractivity contribution >= 4 is 38.4 Å². The number of pyridine rings is 1. The van der Waals surface area contributed by atoms with Crippen molar-refractivity contribution in [3.05, 3.63) is 39.9 Å². The predicted octanol–water partition coefficient (Wildman–Crippen LogP) is 4.53. The van der Waals surface area contributed by atoms with E-state index in [0.29, 0.717) is 5.00 Å². The molecule has 29 heavy (non-hydrogen) atoms. The van der Waals surface area contributed by atoms with E-state index in [1.165, 1.54) is 33.9 Å². The number of thiophene rings is 1. The van der Waals surface area contributed by atoms with Gasteiger partial charge in [-0.25, -0.2) is 9.78 Å². The molecule has 0 saturated heterocycles. The quantitative estimate of drug-likeness (QED) is 0.737. The average molecular weight is 439 g/mol. The molecule has 0 unspecified atom stereocenters. The van der Waals surface area contributed by atoms with Crippen LogP contribution in [0.5, 0.6) is 0 Å². The number of carboxylic acids is 1. The molecule has 9 heteroatoms. The van der Waals surface area contributed by atoms with Crippen molar-refractivity contribution < 1.29 is 22.5 Å². The predicted molar refractivity (Wildman–Crippen MR) is 114 cm³/mol. The fraction of sp³-hybridized carbons (Fsp3) is 0.500. The molecule has 3 rings (SSSR count). The van der Waals surface area contributed by atoms with E-state index in [2.05, 4.69) is 32.7 Å². The Bertz CT molecular complexity index is 1050. The lowest BCUT2D eigenvalue weighted by atomic mass is 9.66. The summed E-state index contributed by atoms with van der Waals surface area (Å²) in [7, 11) is -3.06. The lowest BCUT2D eigenvalue weighted by molar-refractivity contribution is 0.0696. The maximum atomic E-state index is 12.9. The number of nitrogens with zero attached hydrogens (tertiary/aromatic N) is 2. The molecule has 1 N–H and O–H groups in total. The third-order valence-corrected chi connectivity index (χ3v) is 8.61. The second-order valence-electron chi connectivity index (χ2n) is 8.60. The molecule has 1 aliphatic rings. The van der Waals surface area contributed by atoms with E-state index in [-0.39, 0.29) is 22.2 Å². The Kier molecular flexibility index (Phi) is 5.30. The second kappa shape index (κ2) is 7.07. The van der Waals surface area contributed by atoms with Gasteiger partial charge in [-0.3, -0.25) is 4.18 Å². The van der Waals surface area contributed by atoms with Crippen LogP contribution in [0.25, 0.3) is 0 Å². The number of carboxylic acid groups (broad SMARTS) is 1. The first kappa shape index (κ1) is 21.7. The van der Waals surface area contributed by atoms with E-state index in [9.17, 15) is 13.2 Å². The third kappa shape index (κ3) is 3.67. The van der Waals surface area contributed by atoms with Crippen LogP contribution in [0.3, 0.4) is 0 Å². The molecular weight excluding hydrogens is 412 g/mol. The lowest BCUT2D eigenvalue weighted by Crippen LogP contribution is -2.32. The first-order valence-corrected chi connectivity index (χ1v) is 11.4. The Morgan fingerprint density at radius 2 is 1.83 bits per heavy atom. The van der Waals surface area contributed by atoms with Gasteiger partial charge in [-0.15, -0.1) is 11.3 Å². The molecule has 7 nitrogen and oxygen atoms in total. The zero-order chi connectivity index (χ0) is 21.8. The van der Waals surface area contributed by atoms with Gasteiger partial charge in [-0.1, -0.05) is 27.7 Å². The smallest absolute Gasteiger partial charge is 0.368 e. The number of rotatable bonds is 5. The molecule has 1 aliphatic carbocycles. The standard InChI is InChI=1S/C20H26N2O5S2/c1-12-15-16(20(4,5)10-9-19(15,2)3)28-17(12)22(29(25,26)27-6)14-8-7-13(11-21-14)18(23)24/h7-8,11H,9-10H2,1-6H3,(H,23,24). The van der Waals surface area contributed by atoms with Crippen LogP contribution in [0.4, 0.5) is 10.8 Å². The first-order chi connectivity index (χ1) is 13.3. The molecule has 0 bridgehead atoms. The summed E-state index contributed by atoms with van der Waals surface area (Å²) < 4.78 is 31.6. The summed E-state index contributed by atoms with van der Waals surface area (Å²) in [5, 5.41) is 9.64. The van der Waals surface area contributed by atoms with E-state index < -0.39 is 16.3 Å². The van der Waals surface area contributed by atoms with Crippen molar-refractivity contribution in [1.82, 2.24) is 4.98 Å². The molecule has 0 saturated carbocycles. The number of anilines is 2. The SMILES string of the molecule is COS(=O)(=O)N(c1ccc(C(=O)O)cn1)c1sc2c(c1C)C(C)(C)CCC2(C)C. The van der Waals surface area contributed by atoms with Gasteiger partial charge in [-0.2, -0.15) is 12.7 Å². The van der Waals surface area contributed by atoms with Crippen LogP contribution in [-0.2, 0) is 25.3 Å². The van der Waals surface area contributed by atoms with Gasteiger partial charge < -0.3 is 5.11 Å². The molecule has 0 atom stereocenters. The van der Waals surface area contributed by atoms with Gasteiger partial charge in [-0.05, 0) is 53.9 Å². The van der Waals surface area contributed by atoms with Crippen LogP contribution in [-0.4, -0.2) is 31.6 Å². The van der Waals surface area contributed by atoms with Crippen molar-refractivity contribution in [2.75, 3.05) is 11.4 Å². The van der Waals surface area contributed by atoms with E-state index in [0.717, 1.165) is 36.0 Å². The molecule has 0 aliphatic heterocycles. The highest BCUT2D eigenvalue weighted by molar-refractivity contribution is 7.88. The minimum Gasteiger partial charge on any atom is -0.478 e. The van der Waals surface area contributed by atoms with Gasteiger partial charge in [0, 0.05) is 11.1 Å². The van der Waals surface area contributed by atoms with E-state index in [1.807, 2.05) is 6.92 Å². The van der Waals surface area contributed by atoms with Crippen molar-refractivity contribution in [3.8, 4) is 0 Å². The fourth-order valence-electron chi connectivity index (χ4n) is 3.88. The molecule has 0 radical (unpaired) electrons. The summed E-state index contributed by atoms with van der Waals surface area (Å²) in [5.41, 5.74) is 1.89. The van der Waals surface area contributed by atoms with Crippen LogP contribution in [0.2, 0.25) is 0 Å². The average Bonchev–Trinajstić information content (AvgIpc) is 2.99. The van der Waals surface area contributed by atoms with Crippen LogP contribution >= 0.6 is 11.3 Å². The number of hydrogen-bond acceptors (Lipinski definition) is 6. The highest BCUT2D eigenvalue weighted by atomic mass is 32.2. The second-order valence-corrected chi connectivity index (χ2v) is 11.2. The van der Waals surface area contributed by atoms with Crippen LogP contribution < -0.4 is 4.31 Å². The fourth-order valence-corrected chi connectivity index (χ4v) is 6.62. The van der Waals surface area contributed by atoms with Crippen molar-refractivity contribution in [3.63, 3.8) is 0 Å². The monoisotopic (exact) mass is 438 g/mol. The van der Waals surface area contributed by atoms with Gasteiger partial charge in [0.15, 0.2) is 0 Å². The van der Waals surface area contributed by atoms with Gasteiger partial charge in [0.25, 0.3) is 0 Å². The first-order valence-electron chi connectivity index (χ1n) is 9.26. The number of fused-ring (bicyclic) bond motifs is 1. The van der Waals surface area contributed by atoms with E-state index >= 15 is 0 Å². The number of aromatic nitrogens is 1. The lowest BCUT2D eigenvalue weighted by Gasteiger charge is -2.39. The van der Waals surface area contributed by atoms with Gasteiger partial charge >= 0.3 is 16.3 Å². The Morgan fingerprint density at radius 3 is 2.31 bits per heavy atom. The largest absolute Gasteiger partial charge is 0.478 e. The third-order valence-electron chi connectivity index (χ3n) is 5.61. The molecule has 0 amide bonds. The zero-order valence-corrected chi connectivity index (χ0v) is 19.1. The van der Waals surface area contributed by atoms with Crippen LogP contribution in [0, 0.1) is 6.92 Å². The summed E-state index contributed by atoms with van der Waals surface area (Å²) in [6.45, 7) is 10.6. The normalized spacial score (nSPS) is 17.6. The van der Waals surface area contributed by atoms with Gasteiger partial charge in [0.2, 0.25) is 0 Å². The molecule has 2 aromatic rings. The maximum absolute atomic E-state index is 12.9. The van der Waals surface area contributed by atoms with E-state index in [1.54, 1.807) is 0 Å².